The predicted octanol–water partition coefficient (Wildman–Crippen LogP) is 4.45. The lowest BCUT2D eigenvalue weighted by molar-refractivity contribution is -0.125. The molecule has 7 heteroatoms. The Hall–Kier alpha value is -2.42. The maximum Gasteiger partial charge on any atom is 0.247 e. The molecule has 2 amide bonds. The van der Waals surface area contributed by atoms with Crippen LogP contribution in [0.2, 0.25) is 0 Å². The summed E-state index contributed by atoms with van der Waals surface area (Å²) in [5.74, 6) is 2.00. The van der Waals surface area contributed by atoms with Gasteiger partial charge in [0.1, 0.15) is 11.6 Å². The number of aromatic nitrogens is 1. The summed E-state index contributed by atoms with van der Waals surface area (Å²) in [6, 6.07) is 11.9. The van der Waals surface area contributed by atoms with Crippen molar-refractivity contribution >= 4 is 46.3 Å². The number of para-hydroxylation sites is 1. The van der Waals surface area contributed by atoms with Gasteiger partial charge >= 0.3 is 0 Å². The van der Waals surface area contributed by atoms with E-state index in [1.165, 1.54) is 0 Å². The second kappa shape index (κ2) is 10.3. The number of benzene rings is 1. The number of pyridine rings is 1. The summed E-state index contributed by atoms with van der Waals surface area (Å²) in [6.07, 6.45) is 9.55. The largest absolute Gasteiger partial charge is 0.490 e. The fourth-order valence-electron chi connectivity index (χ4n) is 4.14. The molecule has 2 atom stereocenters. The highest BCUT2D eigenvalue weighted by atomic mass is 127. The molecular weight excluding hydrogens is 505 g/mol. The number of nitrogens with zero attached hydrogens (tertiary/aromatic N) is 2. The van der Waals surface area contributed by atoms with Crippen molar-refractivity contribution in [1.82, 2.24) is 9.88 Å². The molecule has 2 aromatic rings. The van der Waals surface area contributed by atoms with Crippen LogP contribution >= 0.6 is 22.6 Å². The molecule has 0 spiro atoms. The topological polar surface area (TPSA) is 71.5 Å². The second-order valence-corrected chi connectivity index (χ2v) is 8.75. The number of amides is 2. The first kappa shape index (κ1) is 21.8. The zero-order valence-corrected chi connectivity index (χ0v) is 19.5. The number of hydrogen-bond donors (Lipinski definition) is 1. The van der Waals surface area contributed by atoms with E-state index in [1.54, 1.807) is 18.3 Å². The maximum atomic E-state index is 12.8. The smallest absolute Gasteiger partial charge is 0.247 e. The van der Waals surface area contributed by atoms with Crippen LogP contribution in [0.5, 0.6) is 5.75 Å². The summed E-state index contributed by atoms with van der Waals surface area (Å²) in [7, 11) is 0. The van der Waals surface area contributed by atoms with Crippen LogP contribution < -0.4 is 10.1 Å². The van der Waals surface area contributed by atoms with Gasteiger partial charge in [-0.1, -0.05) is 40.8 Å². The molecule has 0 saturated heterocycles. The van der Waals surface area contributed by atoms with Crippen molar-refractivity contribution in [2.24, 2.45) is 5.92 Å². The molecule has 1 aromatic carbocycles. The Labute approximate surface area is 196 Å². The minimum absolute atomic E-state index is 0.000484. The number of hydrogen-bond acceptors (Lipinski definition) is 4. The fourth-order valence-corrected chi connectivity index (χ4v) is 4.76. The summed E-state index contributed by atoms with van der Waals surface area (Å²) in [6.45, 7) is 0.745. The van der Waals surface area contributed by atoms with E-state index in [4.69, 9.17) is 4.74 Å². The quantitative estimate of drug-likeness (QED) is 0.248. The lowest BCUT2D eigenvalue weighted by Crippen LogP contribution is -2.32. The molecule has 1 saturated carbocycles. The van der Waals surface area contributed by atoms with E-state index in [9.17, 15) is 9.59 Å². The molecule has 1 aliphatic carbocycles. The molecule has 1 aliphatic heterocycles. The predicted molar refractivity (Wildman–Crippen MR) is 129 cm³/mol. The molecule has 0 radical (unpaired) electrons. The van der Waals surface area contributed by atoms with Crippen molar-refractivity contribution in [1.29, 1.82) is 0 Å². The highest BCUT2D eigenvalue weighted by Gasteiger charge is 2.28. The van der Waals surface area contributed by atoms with Gasteiger partial charge in [0.15, 0.2) is 0 Å². The summed E-state index contributed by atoms with van der Waals surface area (Å²) in [4.78, 5) is 30.4. The van der Waals surface area contributed by atoms with Gasteiger partial charge in [-0.05, 0) is 67.0 Å². The highest BCUT2D eigenvalue weighted by Crippen LogP contribution is 2.30. The van der Waals surface area contributed by atoms with Crippen LogP contribution in [-0.2, 0) is 16.0 Å². The van der Waals surface area contributed by atoms with Crippen molar-refractivity contribution in [3.63, 3.8) is 0 Å². The van der Waals surface area contributed by atoms with E-state index in [0.29, 0.717) is 29.1 Å². The van der Waals surface area contributed by atoms with E-state index in [2.05, 4.69) is 32.9 Å². The Morgan fingerprint density at radius 3 is 2.90 bits per heavy atom. The molecule has 2 heterocycles. The fraction of sp³-hybridized carbons (Fsp3) is 0.375. The first-order valence-corrected chi connectivity index (χ1v) is 12.2. The lowest BCUT2D eigenvalue weighted by atomic mass is 10.0. The lowest BCUT2D eigenvalue weighted by Gasteiger charge is -2.22. The van der Waals surface area contributed by atoms with Crippen LogP contribution in [0, 0.1) is 5.92 Å². The number of halogens is 1. The summed E-state index contributed by atoms with van der Waals surface area (Å²) in [5.41, 5.74) is 1.88. The molecule has 2 aliphatic rings. The van der Waals surface area contributed by atoms with Gasteiger partial charge in [-0.25, -0.2) is 4.98 Å². The number of carbonyl (C=O) groups is 2. The van der Waals surface area contributed by atoms with Gasteiger partial charge in [0.2, 0.25) is 11.8 Å². The normalized spacial score (nSPS) is 20.4. The van der Waals surface area contributed by atoms with E-state index >= 15 is 0 Å². The van der Waals surface area contributed by atoms with Crippen LogP contribution in [0.3, 0.4) is 0 Å². The van der Waals surface area contributed by atoms with Gasteiger partial charge in [0.05, 0.1) is 10.7 Å². The van der Waals surface area contributed by atoms with Gasteiger partial charge in [-0.2, -0.15) is 0 Å². The zero-order chi connectivity index (χ0) is 21.6. The van der Waals surface area contributed by atoms with Crippen molar-refractivity contribution in [2.75, 3.05) is 16.4 Å². The Morgan fingerprint density at radius 2 is 2.10 bits per heavy atom. The number of ether oxygens (including phenoxy) is 1. The number of carbonyl (C=O) groups excluding carboxylic acids is 2. The minimum atomic E-state index is -0.000484. The Balaban J connectivity index is 1.31. The second-order valence-electron chi connectivity index (χ2n) is 8.07. The van der Waals surface area contributed by atoms with E-state index in [-0.39, 0.29) is 17.9 Å². The third kappa shape index (κ3) is 5.84. The van der Waals surface area contributed by atoms with Crippen LogP contribution in [0.25, 0.3) is 6.08 Å². The van der Waals surface area contributed by atoms with Gasteiger partial charge in [-0.3, -0.25) is 9.59 Å². The number of alkyl halides is 1. The molecule has 0 bridgehead atoms. The maximum absolute atomic E-state index is 12.8. The SMILES string of the molecule is O=C1CCc2cc(/C=C/C(=O)N(CI)C[C@@H]3CCC(Oc4ccccc4)C3)cnc2N1. The zero-order valence-electron chi connectivity index (χ0n) is 17.3. The standard InChI is InChI=1S/C24H26IN3O3/c25-16-28(15-18-6-9-21(13-18)31-20-4-2-1-3-5-20)23(30)11-7-17-12-19-8-10-22(29)27-24(19)26-14-17/h1-5,7,11-12,14,18,21H,6,8-10,13,15-16H2,(H,26,27,29)/b11-7+/t18-,21?/m1/s1. The molecule has 162 valence electrons. The Morgan fingerprint density at radius 1 is 1.26 bits per heavy atom. The molecule has 4 rings (SSSR count). The number of rotatable bonds is 7. The van der Waals surface area contributed by atoms with Gasteiger partial charge < -0.3 is 15.0 Å². The summed E-state index contributed by atoms with van der Waals surface area (Å²) >= 11 is 2.25. The molecule has 6 nitrogen and oxygen atoms in total. The van der Waals surface area contributed by atoms with E-state index < -0.39 is 0 Å². The third-order valence-electron chi connectivity index (χ3n) is 5.76. The van der Waals surface area contributed by atoms with Crippen molar-refractivity contribution in [3.05, 3.63) is 59.8 Å². The molecule has 31 heavy (non-hydrogen) atoms. The molecule has 1 N–H and O–H groups in total. The van der Waals surface area contributed by atoms with Crippen LogP contribution in [-0.4, -0.2) is 38.9 Å². The Kier molecular flexibility index (Phi) is 7.21. The monoisotopic (exact) mass is 531 g/mol. The first-order valence-electron chi connectivity index (χ1n) is 10.6. The average molecular weight is 531 g/mol. The molecule has 1 fully saturated rings. The summed E-state index contributed by atoms with van der Waals surface area (Å²) in [5, 5.41) is 2.78. The Bertz CT molecular complexity index is 964. The van der Waals surface area contributed by atoms with Crippen molar-refractivity contribution in [3.8, 4) is 5.75 Å². The minimum Gasteiger partial charge on any atom is -0.490 e. The highest BCUT2D eigenvalue weighted by molar-refractivity contribution is 14.1. The molecule has 1 unspecified atom stereocenters. The van der Waals surface area contributed by atoms with Crippen LogP contribution in [0.4, 0.5) is 5.82 Å². The van der Waals surface area contributed by atoms with E-state index in [1.807, 2.05) is 41.3 Å². The van der Waals surface area contributed by atoms with E-state index in [0.717, 1.165) is 42.7 Å². The number of nitrogens with one attached hydrogen (secondary N) is 1. The van der Waals surface area contributed by atoms with Crippen LogP contribution in [0.15, 0.2) is 48.7 Å². The number of anilines is 1. The average Bonchev–Trinajstić information content (AvgIpc) is 3.23. The van der Waals surface area contributed by atoms with Crippen LogP contribution in [0.1, 0.15) is 36.8 Å². The third-order valence-corrected chi connectivity index (χ3v) is 6.58. The summed E-state index contributed by atoms with van der Waals surface area (Å²) < 4.78 is 6.74. The van der Waals surface area contributed by atoms with Gasteiger partial charge in [-0.15, -0.1) is 0 Å². The van der Waals surface area contributed by atoms with Gasteiger partial charge in [0, 0.05) is 25.2 Å². The van der Waals surface area contributed by atoms with Crippen molar-refractivity contribution < 1.29 is 14.3 Å². The first-order chi connectivity index (χ1) is 15.1. The molecular formula is C24H26IN3O3. The number of fused-ring (bicyclic) bond motifs is 1. The van der Waals surface area contributed by atoms with Gasteiger partial charge in [0.25, 0.3) is 0 Å². The molecule has 1 aromatic heterocycles. The van der Waals surface area contributed by atoms with Crippen molar-refractivity contribution in [2.45, 2.75) is 38.2 Å². The number of aryl methyl sites for hydroxylation is 1.